The summed E-state index contributed by atoms with van der Waals surface area (Å²) in [6, 6.07) is 8.37. The number of amides is 1. The number of aromatic nitrogens is 1. The molecule has 1 amide bonds. The van der Waals surface area contributed by atoms with E-state index in [2.05, 4.69) is 16.4 Å². The monoisotopic (exact) mass is 463 g/mol. The highest BCUT2D eigenvalue weighted by atomic mass is 19.3. The topological polar surface area (TPSA) is 104 Å². The number of nitrogens with one attached hydrogen (secondary N) is 1. The van der Waals surface area contributed by atoms with E-state index in [0.717, 1.165) is 12.1 Å². The van der Waals surface area contributed by atoms with Crippen molar-refractivity contribution < 1.29 is 32.5 Å². The number of hydrogen-bond acceptors (Lipinski definition) is 6. The fraction of sp³-hybridized carbons (Fsp3) is 0.435. The Morgan fingerprint density at radius 1 is 1.36 bits per heavy atom. The molecule has 1 aliphatic rings. The first-order valence-corrected chi connectivity index (χ1v) is 10.1. The molecule has 0 bridgehead atoms. The van der Waals surface area contributed by atoms with Crippen LogP contribution in [0.4, 0.5) is 18.0 Å². The van der Waals surface area contributed by atoms with Crippen LogP contribution in [0.2, 0.25) is 0 Å². The predicted octanol–water partition coefficient (Wildman–Crippen LogP) is 4.04. The van der Waals surface area contributed by atoms with Crippen LogP contribution in [0.3, 0.4) is 0 Å². The van der Waals surface area contributed by atoms with E-state index >= 15 is 0 Å². The first kappa shape index (κ1) is 24.3. The van der Waals surface area contributed by atoms with E-state index in [1.54, 1.807) is 27.7 Å². The maximum atomic E-state index is 14.1. The Labute approximate surface area is 189 Å². The summed E-state index contributed by atoms with van der Waals surface area (Å²) in [5.74, 6) is -0.328. The van der Waals surface area contributed by atoms with E-state index in [9.17, 15) is 28.3 Å². The summed E-state index contributed by atoms with van der Waals surface area (Å²) < 4.78 is 52.4. The molecule has 0 saturated heterocycles. The number of halogens is 3. The molecule has 176 valence electrons. The van der Waals surface area contributed by atoms with Crippen molar-refractivity contribution in [2.45, 2.75) is 50.7 Å². The maximum absolute atomic E-state index is 14.1. The van der Waals surface area contributed by atoms with Gasteiger partial charge in [0.1, 0.15) is 29.1 Å². The number of nitrogens with zero attached hydrogens (tertiary/aromatic N) is 2. The summed E-state index contributed by atoms with van der Waals surface area (Å²) in [6.45, 7) is 5.42. The van der Waals surface area contributed by atoms with E-state index in [-0.39, 0.29) is 23.6 Å². The summed E-state index contributed by atoms with van der Waals surface area (Å²) >= 11 is 0. The second-order valence-electron chi connectivity index (χ2n) is 9.05. The van der Waals surface area contributed by atoms with Gasteiger partial charge in [0.2, 0.25) is 0 Å². The summed E-state index contributed by atoms with van der Waals surface area (Å²) in [5.41, 5.74) is -4.78. The Kier molecular flexibility index (Phi) is 6.31. The number of nitriles is 1. The fourth-order valence-corrected chi connectivity index (χ4v) is 3.30. The number of rotatable bonds is 5. The number of hydrogen-bond donors (Lipinski definition) is 2. The largest absolute Gasteiger partial charge is 0.489 e. The number of aliphatic hydroxyl groups is 1. The first-order chi connectivity index (χ1) is 15.3. The number of benzene rings is 1. The zero-order chi connectivity index (χ0) is 24.6. The predicted molar refractivity (Wildman–Crippen MR) is 112 cm³/mol. The van der Waals surface area contributed by atoms with Crippen molar-refractivity contribution in [1.82, 2.24) is 10.3 Å². The molecular weight excluding hydrogens is 439 g/mol. The van der Waals surface area contributed by atoms with E-state index < -0.39 is 47.2 Å². The fourth-order valence-electron chi connectivity index (χ4n) is 3.30. The molecule has 10 heteroatoms. The Hall–Kier alpha value is -3.32. The zero-order valence-electron chi connectivity index (χ0n) is 18.6. The van der Waals surface area contributed by atoms with Gasteiger partial charge in [-0.15, -0.1) is 0 Å². The van der Waals surface area contributed by atoms with Crippen LogP contribution in [0.5, 0.6) is 5.75 Å². The molecule has 1 aliphatic heterocycles. The number of alkyl carbamates (subject to hydrolysis) is 1. The van der Waals surface area contributed by atoms with Crippen molar-refractivity contribution in [3.8, 4) is 23.1 Å². The van der Waals surface area contributed by atoms with E-state index in [1.807, 2.05) is 0 Å². The lowest BCUT2D eigenvalue weighted by atomic mass is 9.84. The number of carbonyl (C=O) groups excluding carboxylic acids is 1. The Morgan fingerprint density at radius 2 is 2.00 bits per heavy atom. The van der Waals surface area contributed by atoms with E-state index in [4.69, 9.17) is 9.47 Å². The molecule has 0 saturated carbocycles. The normalized spacial score (nSPS) is 19.3. The smallest absolute Gasteiger partial charge is 0.407 e. The standard InChI is InChI=1S/C23H24F3N3O4/c1-21(2,3)33-20(30)28-11-23(31,19(25)26)16-9-15-18(32-12-22(15,4)10-27)17(29-16)13-5-7-14(24)8-6-13/h5-9,19,31H,11-12H2,1-4H3,(H,28,30)/t22-,23-/m0/s1. The van der Waals surface area contributed by atoms with Gasteiger partial charge in [-0.05, 0) is 58.0 Å². The number of pyridine rings is 1. The molecule has 0 spiro atoms. The Bertz CT molecular complexity index is 1100. The van der Waals surface area contributed by atoms with Crippen molar-refractivity contribution >= 4 is 6.09 Å². The van der Waals surface area contributed by atoms with Crippen LogP contribution in [0.15, 0.2) is 30.3 Å². The molecule has 2 atom stereocenters. The van der Waals surface area contributed by atoms with Gasteiger partial charge in [0.05, 0.1) is 18.3 Å². The highest BCUT2D eigenvalue weighted by Crippen LogP contribution is 2.45. The van der Waals surface area contributed by atoms with Crippen LogP contribution >= 0.6 is 0 Å². The highest BCUT2D eigenvalue weighted by Gasteiger charge is 2.46. The number of ether oxygens (including phenoxy) is 2. The minimum absolute atomic E-state index is 0.0541. The van der Waals surface area contributed by atoms with Crippen LogP contribution in [-0.4, -0.2) is 41.4 Å². The van der Waals surface area contributed by atoms with Gasteiger partial charge in [-0.3, -0.25) is 0 Å². The average molecular weight is 463 g/mol. The summed E-state index contributed by atoms with van der Waals surface area (Å²) in [6.07, 6.45) is -4.35. The Morgan fingerprint density at radius 3 is 2.55 bits per heavy atom. The quantitative estimate of drug-likeness (QED) is 0.694. The molecule has 33 heavy (non-hydrogen) atoms. The van der Waals surface area contributed by atoms with Gasteiger partial charge < -0.3 is 19.9 Å². The molecule has 3 rings (SSSR count). The van der Waals surface area contributed by atoms with E-state index in [1.165, 1.54) is 18.2 Å². The first-order valence-electron chi connectivity index (χ1n) is 10.1. The number of carbonyl (C=O) groups is 1. The minimum Gasteiger partial charge on any atom is -0.489 e. The van der Waals surface area contributed by atoms with Crippen LogP contribution < -0.4 is 10.1 Å². The zero-order valence-corrected chi connectivity index (χ0v) is 18.6. The lowest BCUT2D eigenvalue weighted by molar-refractivity contribution is -0.102. The Balaban J connectivity index is 2.11. The van der Waals surface area contributed by atoms with Gasteiger partial charge in [0, 0.05) is 11.1 Å². The van der Waals surface area contributed by atoms with Gasteiger partial charge >= 0.3 is 6.09 Å². The lowest BCUT2D eigenvalue weighted by Crippen LogP contribution is -2.47. The summed E-state index contributed by atoms with van der Waals surface area (Å²) in [5, 5.41) is 22.8. The van der Waals surface area contributed by atoms with Crippen molar-refractivity contribution in [2.75, 3.05) is 13.2 Å². The maximum Gasteiger partial charge on any atom is 0.407 e. The second kappa shape index (κ2) is 8.56. The summed E-state index contributed by atoms with van der Waals surface area (Å²) in [4.78, 5) is 16.2. The van der Waals surface area contributed by atoms with Gasteiger partial charge in [-0.1, -0.05) is 0 Å². The van der Waals surface area contributed by atoms with Gasteiger partial charge in [-0.25, -0.2) is 22.9 Å². The van der Waals surface area contributed by atoms with Crippen molar-refractivity contribution in [3.63, 3.8) is 0 Å². The van der Waals surface area contributed by atoms with Gasteiger partial charge in [0.25, 0.3) is 6.43 Å². The molecule has 0 unspecified atom stereocenters. The second-order valence-corrected chi connectivity index (χ2v) is 9.05. The van der Waals surface area contributed by atoms with Gasteiger partial charge in [-0.2, -0.15) is 5.26 Å². The van der Waals surface area contributed by atoms with Crippen molar-refractivity contribution in [3.05, 3.63) is 47.4 Å². The molecule has 7 nitrogen and oxygen atoms in total. The molecule has 1 aromatic carbocycles. The van der Waals surface area contributed by atoms with Crippen LogP contribution in [0, 0.1) is 17.1 Å². The molecule has 2 aromatic rings. The molecule has 0 aliphatic carbocycles. The molecule has 2 N–H and O–H groups in total. The third kappa shape index (κ3) is 4.88. The summed E-state index contributed by atoms with van der Waals surface area (Å²) in [7, 11) is 0. The number of fused-ring (bicyclic) bond motifs is 1. The molecule has 0 fully saturated rings. The SMILES string of the molecule is CC(C)(C)OC(=O)NC[C@](O)(c1cc2c(c(-c3ccc(F)cc3)n1)OC[C@]2(C)C#N)C(F)F. The average Bonchev–Trinajstić information content (AvgIpc) is 3.08. The third-order valence-corrected chi connectivity index (χ3v) is 5.14. The number of alkyl halides is 2. The van der Waals surface area contributed by atoms with Crippen LogP contribution in [0.1, 0.15) is 39.0 Å². The van der Waals surface area contributed by atoms with Crippen LogP contribution in [-0.2, 0) is 15.8 Å². The molecule has 2 heterocycles. The third-order valence-electron chi connectivity index (χ3n) is 5.14. The van der Waals surface area contributed by atoms with E-state index in [0.29, 0.717) is 5.56 Å². The van der Waals surface area contributed by atoms with Gasteiger partial charge in [0.15, 0.2) is 11.4 Å². The molecule has 1 aromatic heterocycles. The van der Waals surface area contributed by atoms with Crippen molar-refractivity contribution in [2.24, 2.45) is 0 Å². The lowest BCUT2D eigenvalue weighted by Gasteiger charge is -2.29. The molecular formula is C23H24F3N3O4. The van der Waals surface area contributed by atoms with Crippen molar-refractivity contribution in [1.29, 1.82) is 5.26 Å². The van der Waals surface area contributed by atoms with Crippen LogP contribution in [0.25, 0.3) is 11.3 Å². The highest BCUT2D eigenvalue weighted by molar-refractivity contribution is 5.72. The minimum atomic E-state index is -3.35. The molecule has 0 radical (unpaired) electrons.